The van der Waals surface area contributed by atoms with Gasteiger partial charge in [0.2, 0.25) is 0 Å². The third kappa shape index (κ3) is 5.76. The van der Waals surface area contributed by atoms with Gasteiger partial charge in [0.1, 0.15) is 6.54 Å². The van der Waals surface area contributed by atoms with Crippen molar-refractivity contribution in [2.45, 2.75) is 32.7 Å². The molecule has 0 aliphatic carbocycles. The lowest BCUT2D eigenvalue weighted by atomic mass is 9.87. The normalized spacial score (nSPS) is 11.3. The molecule has 3 aromatic rings. The molecule has 2 N–H and O–H groups in total. The molecule has 0 saturated heterocycles. The first-order chi connectivity index (χ1) is 14.2. The predicted octanol–water partition coefficient (Wildman–Crippen LogP) is 2.53. The molecule has 0 unspecified atom stereocenters. The van der Waals surface area contributed by atoms with Crippen LogP contribution in [0.4, 0.5) is 0 Å². The number of rotatable bonds is 7. The van der Waals surface area contributed by atoms with Crippen molar-refractivity contribution in [3.05, 3.63) is 64.0 Å². The topological polar surface area (TPSA) is 115 Å². The molecular weight excluding hydrogens is 452 g/mol. The summed E-state index contributed by atoms with van der Waals surface area (Å²) < 4.78 is 7.42. The summed E-state index contributed by atoms with van der Waals surface area (Å²) >= 11 is 3.30. The highest BCUT2D eigenvalue weighted by atomic mass is 79.9. The van der Waals surface area contributed by atoms with Crippen molar-refractivity contribution in [2.24, 2.45) is 0 Å². The van der Waals surface area contributed by atoms with E-state index in [9.17, 15) is 9.59 Å². The standard InChI is InChI=1S/C20H23BrN6O3/c1-20(2,3)14-6-4-13(5-7-14)17(28)22-8-9-23-18(29)19-25-16(26-30-19)12-27-11-15(21)10-24-27/h4-7,10-11H,8-9,12H2,1-3H3,(H,22,28)(H,23,29). The van der Waals surface area contributed by atoms with E-state index in [-0.39, 0.29) is 36.8 Å². The highest BCUT2D eigenvalue weighted by Gasteiger charge is 2.16. The maximum Gasteiger partial charge on any atom is 0.316 e. The molecule has 0 bridgehead atoms. The number of nitrogens with zero attached hydrogens (tertiary/aromatic N) is 4. The molecule has 0 aliphatic rings. The van der Waals surface area contributed by atoms with Gasteiger partial charge >= 0.3 is 11.8 Å². The highest BCUT2D eigenvalue weighted by Crippen LogP contribution is 2.22. The molecule has 10 heteroatoms. The first kappa shape index (κ1) is 21.7. The van der Waals surface area contributed by atoms with Gasteiger partial charge in [0.15, 0.2) is 5.82 Å². The van der Waals surface area contributed by atoms with Gasteiger partial charge < -0.3 is 15.2 Å². The second-order valence-corrected chi connectivity index (χ2v) is 8.63. The fourth-order valence-electron chi connectivity index (χ4n) is 2.63. The Kier molecular flexibility index (Phi) is 6.66. The van der Waals surface area contributed by atoms with Crippen LogP contribution in [0.1, 0.15) is 53.2 Å². The molecule has 0 fully saturated rings. The second-order valence-electron chi connectivity index (χ2n) is 7.71. The minimum atomic E-state index is -0.501. The van der Waals surface area contributed by atoms with Gasteiger partial charge in [0.05, 0.1) is 10.7 Å². The predicted molar refractivity (Wildman–Crippen MR) is 113 cm³/mol. The monoisotopic (exact) mass is 474 g/mol. The van der Waals surface area contributed by atoms with E-state index in [1.807, 2.05) is 12.1 Å². The van der Waals surface area contributed by atoms with Gasteiger partial charge in [0.25, 0.3) is 5.91 Å². The summed E-state index contributed by atoms with van der Waals surface area (Å²) in [5.41, 5.74) is 1.76. The van der Waals surface area contributed by atoms with Crippen LogP contribution in [0.2, 0.25) is 0 Å². The Balaban J connectivity index is 1.43. The summed E-state index contributed by atoms with van der Waals surface area (Å²) in [6.45, 7) is 7.14. The molecule has 2 amide bonds. The lowest BCUT2D eigenvalue weighted by Crippen LogP contribution is -2.34. The summed E-state index contributed by atoms with van der Waals surface area (Å²) in [6, 6.07) is 7.50. The Labute approximate surface area is 182 Å². The quantitative estimate of drug-likeness (QED) is 0.508. The zero-order valence-electron chi connectivity index (χ0n) is 17.0. The van der Waals surface area contributed by atoms with Gasteiger partial charge in [-0.3, -0.25) is 14.3 Å². The van der Waals surface area contributed by atoms with E-state index in [0.717, 1.165) is 10.0 Å². The number of aromatic nitrogens is 4. The summed E-state index contributed by atoms with van der Waals surface area (Å²) in [6.07, 6.45) is 3.40. The maximum atomic E-state index is 12.2. The van der Waals surface area contributed by atoms with Crippen LogP contribution in [0.3, 0.4) is 0 Å². The molecule has 2 aromatic heterocycles. The van der Waals surface area contributed by atoms with E-state index < -0.39 is 5.91 Å². The Morgan fingerprint density at radius 1 is 1.10 bits per heavy atom. The fourth-order valence-corrected chi connectivity index (χ4v) is 2.96. The van der Waals surface area contributed by atoms with Gasteiger partial charge in [0, 0.05) is 24.8 Å². The minimum Gasteiger partial charge on any atom is -0.350 e. The fraction of sp³-hybridized carbons (Fsp3) is 0.350. The molecule has 9 nitrogen and oxygen atoms in total. The van der Waals surface area contributed by atoms with Gasteiger partial charge in [-0.15, -0.1) is 0 Å². The van der Waals surface area contributed by atoms with Gasteiger partial charge in [-0.2, -0.15) is 10.1 Å². The summed E-state index contributed by atoms with van der Waals surface area (Å²) in [5, 5.41) is 13.3. The average molecular weight is 475 g/mol. The summed E-state index contributed by atoms with van der Waals surface area (Å²) in [4.78, 5) is 28.4. The largest absolute Gasteiger partial charge is 0.350 e. The van der Waals surface area contributed by atoms with Gasteiger partial charge in [-0.05, 0) is 39.0 Å². The van der Waals surface area contributed by atoms with E-state index in [1.165, 1.54) is 0 Å². The van der Waals surface area contributed by atoms with Crippen LogP contribution in [0.25, 0.3) is 0 Å². The van der Waals surface area contributed by atoms with Crippen molar-refractivity contribution in [3.8, 4) is 0 Å². The number of amides is 2. The molecule has 0 atom stereocenters. The second kappa shape index (κ2) is 9.21. The third-order valence-corrected chi connectivity index (χ3v) is 4.69. The molecule has 30 heavy (non-hydrogen) atoms. The summed E-state index contributed by atoms with van der Waals surface area (Å²) in [7, 11) is 0. The minimum absolute atomic E-state index is 0.0309. The number of hydrogen-bond donors (Lipinski definition) is 2. The first-order valence-corrected chi connectivity index (χ1v) is 10.2. The highest BCUT2D eigenvalue weighted by molar-refractivity contribution is 9.10. The van der Waals surface area contributed by atoms with E-state index in [1.54, 1.807) is 29.2 Å². The molecule has 3 rings (SSSR count). The Morgan fingerprint density at radius 3 is 2.37 bits per heavy atom. The van der Waals surface area contributed by atoms with Crippen LogP contribution in [0, 0.1) is 0 Å². The van der Waals surface area contributed by atoms with Crippen molar-refractivity contribution in [3.63, 3.8) is 0 Å². The van der Waals surface area contributed by atoms with Crippen LogP contribution in [0.15, 0.2) is 45.7 Å². The molecule has 2 heterocycles. The van der Waals surface area contributed by atoms with Crippen LogP contribution < -0.4 is 10.6 Å². The molecule has 0 saturated carbocycles. The molecule has 0 spiro atoms. The molecule has 158 valence electrons. The van der Waals surface area contributed by atoms with Gasteiger partial charge in [-0.1, -0.05) is 38.1 Å². The van der Waals surface area contributed by atoms with Crippen LogP contribution in [0.5, 0.6) is 0 Å². The first-order valence-electron chi connectivity index (χ1n) is 9.40. The van der Waals surface area contributed by atoms with Crippen molar-refractivity contribution < 1.29 is 14.1 Å². The number of nitrogens with one attached hydrogen (secondary N) is 2. The van der Waals surface area contributed by atoms with E-state index in [4.69, 9.17) is 4.52 Å². The Bertz CT molecular complexity index is 1020. The van der Waals surface area contributed by atoms with E-state index in [0.29, 0.717) is 11.4 Å². The number of carbonyl (C=O) groups is 2. The number of hydrogen-bond acceptors (Lipinski definition) is 6. The lowest BCUT2D eigenvalue weighted by Gasteiger charge is -2.19. The lowest BCUT2D eigenvalue weighted by molar-refractivity contribution is 0.0898. The maximum absolute atomic E-state index is 12.2. The van der Waals surface area contributed by atoms with Crippen molar-refractivity contribution in [1.82, 2.24) is 30.6 Å². The zero-order valence-corrected chi connectivity index (χ0v) is 18.6. The average Bonchev–Trinajstić information content (AvgIpc) is 3.33. The molecular formula is C20H23BrN6O3. The van der Waals surface area contributed by atoms with Crippen molar-refractivity contribution in [1.29, 1.82) is 0 Å². The number of benzene rings is 1. The van der Waals surface area contributed by atoms with Gasteiger partial charge in [-0.25, -0.2) is 0 Å². The van der Waals surface area contributed by atoms with Crippen molar-refractivity contribution in [2.75, 3.05) is 13.1 Å². The van der Waals surface area contributed by atoms with Crippen LogP contribution in [-0.2, 0) is 12.0 Å². The Hall–Kier alpha value is -3.01. The molecule has 1 aromatic carbocycles. The summed E-state index contributed by atoms with van der Waals surface area (Å²) in [5.74, 6) is -0.502. The third-order valence-electron chi connectivity index (χ3n) is 4.28. The van der Waals surface area contributed by atoms with Crippen LogP contribution in [-0.4, -0.2) is 44.8 Å². The van der Waals surface area contributed by atoms with E-state index >= 15 is 0 Å². The Morgan fingerprint density at radius 2 is 1.77 bits per heavy atom. The number of carbonyl (C=O) groups excluding carboxylic acids is 2. The molecule has 0 radical (unpaired) electrons. The van der Waals surface area contributed by atoms with Crippen molar-refractivity contribution >= 4 is 27.7 Å². The molecule has 0 aliphatic heterocycles. The van der Waals surface area contributed by atoms with E-state index in [2.05, 4.69) is 62.6 Å². The SMILES string of the molecule is CC(C)(C)c1ccc(C(=O)NCCNC(=O)c2nc(Cn3cc(Br)cn3)no2)cc1. The van der Waals surface area contributed by atoms with Crippen LogP contribution >= 0.6 is 15.9 Å². The zero-order chi connectivity index (χ0) is 21.7. The smallest absolute Gasteiger partial charge is 0.316 e. The number of halogens is 1.